The zero-order valence-corrected chi connectivity index (χ0v) is 32.8. The van der Waals surface area contributed by atoms with E-state index in [0.717, 1.165) is 31.2 Å². The second-order valence-corrected chi connectivity index (χ2v) is 16.1. The van der Waals surface area contributed by atoms with Crippen molar-refractivity contribution in [3.63, 3.8) is 0 Å². The summed E-state index contributed by atoms with van der Waals surface area (Å²) in [5.41, 5.74) is 6.33. The van der Waals surface area contributed by atoms with Crippen molar-refractivity contribution < 1.29 is 33.9 Å². The van der Waals surface area contributed by atoms with Gasteiger partial charge in [0.15, 0.2) is 0 Å². The third-order valence-corrected chi connectivity index (χ3v) is 12.3. The van der Waals surface area contributed by atoms with E-state index in [1.54, 1.807) is 24.3 Å². The lowest BCUT2D eigenvalue weighted by Crippen LogP contribution is -2.54. The van der Waals surface area contributed by atoms with Gasteiger partial charge in [-0.15, -0.1) is 0 Å². The number of hydrogen-bond donors (Lipinski definition) is 11. The van der Waals surface area contributed by atoms with Crippen LogP contribution >= 0.6 is 0 Å². The summed E-state index contributed by atoms with van der Waals surface area (Å²) < 4.78 is 0. The summed E-state index contributed by atoms with van der Waals surface area (Å²) >= 11 is 0. The molecule has 17 nitrogen and oxygen atoms in total. The molecule has 0 spiro atoms. The predicted molar refractivity (Wildman–Crippen MR) is 209 cm³/mol. The summed E-state index contributed by atoms with van der Waals surface area (Å²) in [6.07, 6.45) is 3.73. The molecule has 0 aromatic heterocycles. The van der Waals surface area contributed by atoms with Crippen LogP contribution in [0, 0.1) is 35.5 Å². The number of primary amides is 1. The normalized spacial score (nSPS) is 28.8. The van der Waals surface area contributed by atoms with Gasteiger partial charge in [-0.25, -0.2) is 0 Å². The number of phenolic OH excluding ortho intramolecular Hbond substituents is 1. The maximum atomic E-state index is 13.9. The fourth-order valence-electron chi connectivity index (χ4n) is 8.51. The Hall–Kier alpha value is -4.32. The SMILES string of the molecule is CCC(C)[C@@H](CC(=O)NC1CNCC1C(N)=O)NC(=O)C1CNCC1NC(=O)C1CNCC1NC(=O)[C@H](CNC(=O)C1CCCC1NC)Cc1ccc(O)cc1. The molecule has 1 saturated carbocycles. The van der Waals surface area contributed by atoms with Gasteiger partial charge in [0.1, 0.15) is 5.75 Å². The van der Waals surface area contributed by atoms with E-state index >= 15 is 0 Å². The van der Waals surface area contributed by atoms with Gasteiger partial charge < -0.3 is 58.7 Å². The van der Waals surface area contributed by atoms with Crippen molar-refractivity contribution in [1.29, 1.82) is 0 Å². The van der Waals surface area contributed by atoms with Crippen LogP contribution in [0.25, 0.3) is 0 Å². The van der Waals surface area contributed by atoms with Crippen molar-refractivity contribution in [2.45, 2.75) is 82.6 Å². The average molecular weight is 783 g/mol. The number of phenols is 1. The van der Waals surface area contributed by atoms with Crippen molar-refractivity contribution >= 4 is 35.4 Å². The topological polar surface area (TPSA) is 257 Å². The monoisotopic (exact) mass is 782 g/mol. The van der Waals surface area contributed by atoms with E-state index in [2.05, 4.69) is 47.9 Å². The Bertz CT molecular complexity index is 1550. The lowest BCUT2D eigenvalue weighted by molar-refractivity contribution is -0.129. The zero-order chi connectivity index (χ0) is 40.4. The Morgan fingerprint density at radius 3 is 2.00 bits per heavy atom. The first-order valence-corrected chi connectivity index (χ1v) is 20.2. The number of nitrogens with one attached hydrogen (secondary N) is 9. The predicted octanol–water partition coefficient (Wildman–Crippen LogP) is -2.43. The van der Waals surface area contributed by atoms with E-state index in [4.69, 9.17) is 5.73 Å². The minimum atomic E-state index is -0.630. The molecule has 3 aliphatic heterocycles. The van der Waals surface area contributed by atoms with Gasteiger partial charge in [-0.2, -0.15) is 0 Å². The highest BCUT2D eigenvalue weighted by molar-refractivity contribution is 5.87. The second-order valence-electron chi connectivity index (χ2n) is 16.1. The smallest absolute Gasteiger partial charge is 0.226 e. The standard InChI is InChI=1S/C39H62N10O7/c1-4-21(2)30(13-34(51)46-31-18-42-15-26(31)35(40)52)47-38(55)28-17-44-20-33(28)49-39(56)27-16-43-19-32(27)48-36(53)23(12-22-8-10-24(50)11-9-22)14-45-37(54)25-6-5-7-29(25)41-3/h8-11,21,23,25-33,41-44,50H,4-7,12-20H2,1-3H3,(H2,40,52)(H,45,54)(H,46,51)(H,47,55)(H,48,53)(H,49,56)/t21?,23-,25?,26?,27?,28?,29?,30+,31?,32?,33?/m0/s1. The van der Waals surface area contributed by atoms with E-state index < -0.39 is 53.7 Å². The molecule has 5 rings (SSSR count). The number of hydrogen-bond acceptors (Lipinski definition) is 11. The molecule has 6 amide bonds. The van der Waals surface area contributed by atoms with Crippen LogP contribution in [0.5, 0.6) is 5.75 Å². The second kappa shape index (κ2) is 20.2. The highest BCUT2D eigenvalue weighted by Gasteiger charge is 2.41. The van der Waals surface area contributed by atoms with Crippen LogP contribution in [0.2, 0.25) is 0 Å². The van der Waals surface area contributed by atoms with Gasteiger partial charge in [0.2, 0.25) is 35.4 Å². The molecule has 12 N–H and O–H groups in total. The number of carbonyl (C=O) groups is 6. The maximum Gasteiger partial charge on any atom is 0.226 e. The van der Waals surface area contributed by atoms with E-state index in [-0.39, 0.29) is 66.1 Å². The lowest BCUT2D eigenvalue weighted by atomic mass is 9.93. The molecular formula is C39H62N10O7. The number of carbonyl (C=O) groups excluding carboxylic acids is 6. The van der Waals surface area contributed by atoms with Crippen LogP contribution in [0.1, 0.15) is 51.5 Å². The Labute approximate surface area is 329 Å². The maximum absolute atomic E-state index is 13.9. The highest BCUT2D eigenvalue weighted by atomic mass is 16.3. The molecule has 1 aliphatic carbocycles. The van der Waals surface area contributed by atoms with Gasteiger partial charge in [-0.05, 0) is 49.9 Å². The van der Waals surface area contributed by atoms with Crippen LogP contribution in [-0.4, -0.2) is 124 Å². The molecule has 310 valence electrons. The van der Waals surface area contributed by atoms with Crippen LogP contribution in [-0.2, 0) is 35.2 Å². The minimum absolute atomic E-state index is 0.0196. The zero-order valence-electron chi connectivity index (χ0n) is 32.8. The van der Waals surface area contributed by atoms with Crippen LogP contribution < -0.4 is 53.6 Å². The first-order chi connectivity index (χ1) is 26.9. The summed E-state index contributed by atoms with van der Waals surface area (Å²) in [7, 11) is 1.85. The molecule has 3 saturated heterocycles. The van der Waals surface area contributed by atoms with Crippen molar-refractivity contribution in [2.24, 2.45) is 41.2 Å². The summed E-state index contributed by atoms with van der Waals surface area (Å²) in [5.74, 6) is -4.11. The van der Waals surface area contributed by atoms with E-state index in [9.17, 15) is 33.9 Å². The van der Waals surface area contributed by atoms with Gasteiger partial charge in [0.25, 0.3) is 0 Å². The van der Waals surface area contributed by atoms with Crippen LogP contribution in [0.4, 0.5) is 0 Å². The van der Waals surface area contributed by atoms with E-state index in [0.29, 0.717) is 45.7 Å². The van der Waals surface area contributed by atoms with Crippen molar-refractivity contribution in [3.05, 3.63) is 29.8 Å². The van der Waals surface area contributed by atoms with E-state index in [1.807, 2.05) is 20.9 Å². The van der Waals surface area contributed by atoms with Crippen molar-refractivity contribution in [3.8, 4) is 5.75 Å². The largest absolute Gasteiger partial charge is 0.508 e. The molecule has 9 unspecified atom stereocenters. The fourth-order valence-corrected chi connectivity index (χ4v) is 8.51. The van der Waals surface area contributed by atoms with Crippen LogP contribution in [0.15, 0.2) is 24.3 Å². The summed E-state index contributed by atoms with van der Waals surface area (Å²) in [6.45, 7) is 6.32. The minimum Gasteiger partial charge on any atom is -0.508 e. The third kappa shape index (κ3) is 11.2. The Morgan fingerprint density at radius 2 is 1.38 bits per heavy atom. The van der Waals surface area contributed by atoms with Crippen molar-refractivity contribution in [1.82, 2.24) is 47.9 Å². The van der Waals surface area contributed by atoms with Gasteiger partial charge in [-0.3, -0.25) is 28.8 Å². The molecule has 0 bridgehead atoms. The molecule has 0 radical (unpaired) electrons. The first kappa shape index (κ1) is 42.8. The third-order valence-electron chi connectivity index (χ3n) is 12.3. The Balaban J connectivity index is 1.17. The number of nitrogens with two attached hydrogens (primary N) is 1. The number of rotatable bonds is 18. The average Bonchev–Trinajstić information content (AvgIpc) is 4.01. The van der Waals surface area contributed by atoms with E-state index in [1.165, 1.54) is 0 Å². The summed E-state index contributed by atoms with van der Waals surface area (Å²) in [5, 5.41) is 37.6. The van der Waals surface area contributed by atoms with Gasteiger partial charge in [0.05, 0.1) is 47.7 Å². The molecule has 4 fully saturated rings. The quantitative estimate of drug-likeness (QED) is 0.0747. The van der Waals surface area contributed by atoms with Crippen LogP contribution in [0.3, 0.4) is 0 Å². The van der Waals surface area contributed by atoms with Gasteiger partial charge in [-0.1, -0.05) is 38.8 Å². The fraction of sp³-hybridized carbons (Fsp3) is 0.692. The molecule has 17 heteroatoms. The highest BCUT2D eigenvalue weighted by Crippen LogP contribution is 2.26. The van der Waals surface area contributed by atoms with Crippen molar-refractivity contribution in [2.75, 3.05) is 52.9 Å². The molecule has 4 aliphatic rings. The molecule has 11 atom stereocenters. The summed E-state index contributed by atoms with van der Waals surface area (Å²) in [6, 6.07) is 4.79. The molecular weight excluding hydrogens is 720 g/mol. The molecule has 1 aromatic rings. The summed E-state index contributed by atoms with van der Waals surface area (Å²) in [4.78, 5) is 79.4. The Morgan fingerprint density at radius 1 is 0.768 bits per heavy atom. The lowest BCUT2D eigenvalue weighted by Gasteiger charge is -2.29. The number of benzene rings is 1. The molecule has 1 aromatic carbocycles. The van der Waals surface area contributed by atoms with Gasteiger partial charge >= 0.3 is 0 Å². The molecule has 3 heterocycles. The first-order valence-electron chi connectivity index (χ1n) is 20.2. The van der Waals surface area contributed by atoms with Gasteiger partial charge in [0, 0.05) is 64.3 Å². The Kier molecular flexibility index (Phi) is 15.4. The number of amides is 6. The number of aromatic hydroxyl groups is 1. The molecule has 56 heavy (non-hydrogen) atoms.